The van der Waals surface area contributed by atoms with Gasteiger partial charge in [-0.15, -0.1) is 0 Å². The van der Waals surface area contributed by atoms with E-state index >= 15 is 0 Å². The Kier molecular flexibility index (Phi) is 6.65. The Balaban J connectivity index is 1.26. The molecule has 1 amide bonds. The van der Waals surface area contributed by atoms with Crippen molar-refractivity contribution < 1.29 is 19.4 Å². The van der Waals surface area contributed by atoms with Crippen LogP contribution in [-0.4, -0.2) is 65.8 Å². The van der Waals surface area contributed by atoms with Crippen LogP contribution in [0, 0.1) is 11.8 Å². The standard InChI is InChI=1S/C31H37N5O4/c1-31(2,3)40-27(38)16-22-18-35(13-11-26(22)37)30(39)21-9-10-24-23(14-21)33-29(34(24)4)25-15-20-6-5-12-32-28(20)36(25)17-19-7-8-19/h5-6,9-10,12,14-15,19,22,26,37H,7-8,11,13,16-18H2,1-4H3/t22-,26-/m0/s1. The Morgan fingerprint density at radius 2 is 1.93 bits per heavy atom. The zero-order valence-corrected chi connectivity index (χ0v) is 23.6. The van der Waals surface area contributed by atoms with Crippen molar-refractivity contribution in [2.24, 2.45) is 18.9 Å². The molecule has 6 rings (SSSR count). The van der Waals surface area contributed by atoms with Crippen LogP contribution in [-0.2, 0) is 23.1 Å². The average molecular weight is 544 g/mol. The van der Waals surface area contributed by atoms with Crippen molar-refractivity contribution in [2.75, 3.05) is 13.1 Å². The third-order valence-corrected chi connectivity index (χ3v) is 7.98. The van der Waals surface area contributed by atoms with Gasteiger partial charge in [0.15, 0.2) is 5.82 Å². The zero-order chi connectivity index (χ0) is 28.2. The number of carbonyl (C=O) groups is 2. The molecule has 1 aliphatic heterocycles. The number of likely N-dealkylation sites (tertiary alicyclic amines) is 1. The molecule has 9 heteroatoms. The molecule has 2 atom stereocenters. The molecule has 2 fully saturated rings. The van der Waals surface area contributed by atoms with E-state index in [1.165, 1.54) is 12.8 Å². The van der Waals surface area contributed by atoms with E-state index in [0.717, 1.165) is 40.1 Å². The quantitative estimate of drug-likeness (QED) is 0.358. The van der Waals surface area contributed by atoms with Gasteiger partial charge in [0.05, 0.1) is 29.3 Å². The van der Waals surface area contributed by atoms with Gasteiger partial charge in [-0.05, 0) is 82.3 Å². The molecule has 0 radical (unpaired) electrons. The van der Waals surface area contributed by atoms with E-state index in [4.69, 9.17) is 9.72 Å². The molecule has 4 aromatic rings. The van der Waals surface area contributed by atoms with Crippen LogP contribution >= 0.6 is 0 Å². The Morgan fingerprint density at radius 3 is 2.67 bits per heavy atom. The van der Waals surface area contributed by atoms with Gasteiger partial charge in [-0.25, -0.2) is 9.97 Å². The van der Waals surface area contributed by atoms with Crippen LogP contribution in [0.3, 0.4) is 0 Å². The van der Waals surface area contributed by atoms with E-state index in [9.17, 15) is 14.7 Å². The number of aliphatic hydroxyl groups excluding tert-OH is 1. The summed E-state index contributed by atoms with van der Waals surface area (Å²) in [5.74, 6) is 0.679. The summed E-state index contributed by atoms with van der Waals surface area (Å²) in [7, 11) is 2.01. The molecule has 2 aliphatic rings. The minimum Gasteiger partial charge on any atom is -0.460 e. The third-order valence-electron chi connectivity index (χ3n) is 7.98. The lowest BCUT2D eigenvalue weighted by molar-refractivity contribution is -0.157. The van der Waals surface area contributed by atoms with Crippen LogP contribution < -0.4 is 0 Å². The number of benzene rings is 1. The van der Waals surface area contributed by atoms with Crippen LogP contribution in [0.2, 0.25) is 0 Å². The highest BCUT2D eigenvalue weighted by atomic mass is 16.6. The summed E-state index contributed by atoms with van der Waals surface area (Å²) in [4.78, 5) is 37.3. The number of hydrogen-bond acceptors (Lipinski definition) is 6. The van der Waals surface area contributed by atoms with Crippen molar-refractivity contribution in [3.05, 3.63) is 48.2 Å². The number of aryl methyl sites for hydroxylation is 1. The van der Waals surface area contributed by atoms with Crippen LogP contribution in [0.1, 0.15) is 56.8 Å². The van der Waals surface area contributed by atoms with E-state index in [2.05, 4.69) is 26.3 Å². The van der Waals surface area contributed by atoms with Gasteiger partial charge >= 0.3 is 5.97 Å². The Hall–Kier alpha value is -3.72. The smallest absolute Gasteiger partial charge is 0.306 e. The van der Waals surface area contributed by atoms with E-state index in [1.807, 2.05) is 58.3 Å². The van der Waals surface area contributed by atoms with Gasteiger partial charge in [0.1, 0.15) is 11.2 Å². The molecule has 210 valence electrons. The molecule has 4 heterocycles. The minimum atomic E-state index is -0.644. The fourth-order valence-electron chi connectivity index (χ4n) is 5.76. The summed E-state index contributed by atoms with van der Waals surface area (Å²) >= 11 is 0. The normalized spacial score (nSPS) is 19.9. The summed E-state index contributed by atoms with van der Waals surface area (Å²) in [5.41, 5.74) is 3.65. The number of aromatic nitrogens is 4. The van der Waals surface area contributed by atoms with E-state index in [1.54, 1.807) is 4.90 Å². The highest BCUT2D eigenvalue weighted by molar-refractivity contribution is 5.98. The number of pyridine rings is 1. The first-order valence-electron chi connectivity index (χ1n) is 14.2. The maximum atomic E-state index is 13.6. The Morgan fingerprint density at radius 1 is 1.12 bits per heavy atom. The van der Waals surface area contributed by atoms with E-state index in [0.29, 0.717) is 31.0 Å². The van der Waals surface area contributed by atoms with Gasteiger partial charge in [0.2, 0.25) is 0 Å². The Bertz CT molecular complexity index is 1590. The maximum Gasteiger partial charge on any atom is 0.306 e. The van der Waals surface area contributed by atoms with Crippen molar-refractivity contribution in [1.82, 2.24) is 24.0 Å². The number of esters is 1. The number of fused-ring (bicyclic) bond motifs is 2. The molecule has 1 aromatic carbocycles. The minimum absolute atomic E-state index is 0.0779. The van der Waals surface area contributed by atoms with Crippen LogP contribution in [0.15, 0.2) is 42.6 Å². The van der Waals surface area contributed by atoms with Crippen LogP contribution in [0.5, 0.6) is 0 Å². The number of aliphatic hydroxyl groups is 1. The van der Waals surface area contributed by atoms with Gasteiger partial charge in [0, 0.05) is 49.7 Å². The lowest BCUT2D eigenvalue weighted by atomic mass is 9.91. The molecule has 40 heavy (non-hydrogen) atoms. The Labute approximate surface area is 233 Å². The predicted octanol–water partition coefficient (Wildman–Crippen LogP) is 4.55. The van der Waals surface area contributed by atoms with Crippen LogP contribution in [0.25, 0.3) is 33.6 Å². The number of ether oxygens (including phenoxy) is 1. The van der Waals surface area contributed by atoms with Gasteiger partial charge < -0.3 is 23.9 Å². The highest BCUT2D eigenvalue weighted by Gasteiger charge is 2.34. The maximum absolute atomic E-state index is 13.6. The van der Waals surface area contributed by atoms with E-state index < -0.39 is 11.7 Å². The number of amides is 1. The van der Waals surface area contributed by atoms with Crippen molar-refractivity contribution in [2.45, 2.75) is 64.7 Å². The largest absolute Gasteiger partial charge is 0.460 e. The summed E-state index contributed by atoms with van der Waals surface area (Å²) in [6, 6.07) is 11.8. The second-order valence-electron chi connectivity index (χ2n) is 12.4. The second-order valence-corrected chi connectivity index (χ2v) is 12.4. The number of nitrogens with zero attached hydrogens (tertiary/aromatic N) is 5. The SMILES string of the molecule is Cn1c(-c2cc3cccnc3n2CC2CC2)nc2cc(C(=O)N3CC[C@H](O)[C@@H](CC(=O)OC(C)(C)C)C3)ccc21. The monoisotopic (exact) mass is 543 g/mol. The predicted molar refractivity (Wildman–Crippen MR) is 153 cm³/mol. The fourth-order valence-corrected chi connectivity index (χ4v) is 5.76. The molecule has 3 aromatic heterocycles. The topological polar surface area (TPSA) is 102 Å². The number of carbonyl (C=O) groups excluding carboxylic acids is 2. The first-order valence-corrected chi connectivity index (χ1v) is 14.2. The van der Waals surface area contributed by atoms with Crippen molar-refractivity contribution in [3.8, 4) is 11.5 Å². The molecule has 0 spiro atoms. The highest BCUT2D eigenvalue weighted by Crippen LogP contribution is 2.36. The van der Waals surface area contributed by atoms with Gasteiger partial charge in [0.25, 0.3) is 5.91 Å². The molecule has 0 unspecified atom stereocenters. The molecule has 1 N–H and O–H groups in total. The number of imidazole rings is 1. The molecule has 1 aliphatic carbocycles. The first-order chi connectivity index (χ1) is 19.1. The van der Waals surface area contributed by atoms with Gasteiger partial charge in [-0.2, -0.15) is 0 Å². The van der Waals surface area contributed by atoms with Crippen molar-refractivity contribution in [3.63, 3.8) is 0 Å². The molecular weight excluding hydrogens is 506 g/mol. The summed E-state index contributed by atoms with van der Waals surface area (Å²) in [6.07, 6.45) is 4.18. The number of hydrogen-bond donors (Lipinski definition) is 1. The fraction of sp³-hybridized carbons (Fsp3) is 0.484. The van der Waals surface area contributed by atoms with E-state index in [-0.39, 0.29) is 24.2 Å². The second kappa shape index (κ2) is 10.0. The average Bonchev–Trinajstić information content (AvgIpc) is 3.57. The third kappa shape index (κ3) is 5.22. The lowest BCUT2D eigenvalue weighted by Gasteiger charge is -2.36. The molecule has 1 saturated heterocycles. The number of piperidine rings is 1. The zero-order valence-electron chi connectivity index (χ0n) is 23.6. The van der Waals surface area contributed by atoms with Crippen LogP contribution in [0.4, 0.5) is 0 Å². The molecule has 0 bridgehead atoms. The van der Waals surface area contributed by atoms with Crippen molar-refractivity contribution in [1.29, 1.82) is 0 Å². The van der Waals surface area contributed by atoms with Crippen molar-refractivity contribution >= 4 is 33.9 Å². The molecular formula is C31H37N5O4. The lowest BCUT2D eigenvalue weighted by Crippen LogP contribution is -2.47. The first kappa shape index (κ1) is 26.5. The summed E-state index contributed by atoms with van der Waals surface area (Å²) in [6.45, 7) is 7.13. The number of rotatable bonds is 6. The van der Waals surface area contributed by atoms with Gasteiger partial charge in [-0.1, -0.05) is 0 Å². The molecule has 9 nitrogen and oxygen atoms in total. The summed E-state index contributed by atoms with van der Waals surface area (Å²) in [5, 5.41) is 11.6. The van der Waals surface area contributed by atoms with Gasteiger partial charge in [-0.3, -0.25) is 9.59 Å². The molecule has 1 saturated carbocycles. The summed E-state index contributed by atoms with van der Waals surface area (Å²) < 4.78 is 9.81.